The highest BCUT2D eigenvalue weighted by Crippen LogP contribution is 2.13. The van der Waals surface area contributed by atoms with Crippen LogP contribution in [0.15, 0.2) is 122 Å². The van der Waals surface area contributed by atoms with Crippen LogP contribution in [0.2, 0.25) is 0 Å². The number of hydrogen-bond acceptors (Lipinski definition) is 7. The number of likely N-dealkylation sites (N-methyl/N-ethyl adjacent to an activating group) is 1. The van der Waals surface area contributed by atoms with Gasteiger partial charge in [-0.25, -0.2) is 4.79 Å². The molecule has 0 aliphatic carbocycles. The van der Waals surface area contributed by atoms with Crippen molar-refractivity contribution in [1.29, 1.82) is 0 Å². The third-order valence-electron chi connectivity index (χ3n) is 10.7. The second-order valence-corrected chi connectivity index (χ2v) is 18.4. The summed E-state index contributed by atoms with van der Waals surface area (Å²) in [6.07, 6.45) is 66.9. The molecule has 0 bridgehead atoms. The summed E-state index contributed by atoms with van der Waals surface area (Å²) in [6, 6.07) is 0. The fourth-order valence-electron chi connectivity index (χ4n) is 6.65. The fraction of sp³-hybridized carbons (Fsp3) is 0.617. The smallest absolute Gasteiger partial charge is 0.361 e. The van der Waals surface area contributed by atoms with E-state index in [1.165, 1.54) is 25.7 Å². The molecular weight excluding hydrogens is 863 g/mol. The maximum absolute atomic E-state index is 12.8. The van der Waals surface area contributed by atoms with Crippen molar-refractivity contribution < 1.29 is 42.9 Å². The normalized spacial score (nSPS) is 13.8. The molecule has 0 aromatic rings. The third kappa shape index (κ3) is 51.4. The average Bonchev–Trinajstić information content (AvgIpc) is 3.31. The van der Waals surface area contributed by atoms with Crippen molar-refractivity contribution in [1.82, 2.24) is 0 Å². The van der Waals surface area contributed by atoms with Gasteiger partial charge in [-0.1, -0.05) is 187 Å². The maximum atomic E-state index is 12.8. The SMILES string of the molecule is CC/C=C\C/C=C\C/C=C\C/C=C\C/C=C\C/C=C\CCCCCCC(=O)OC(COC(=O)CCCCCCCCCC/C=C\C/C=C\C/C=C\C/C=C\CC)COC(OCC[N+](C)(C)C)C(=O)O. The molecular formula is C60H98NO8+. The molecule has 2 atom stereocenters. The second-order valence-electron chi connectivity index (χ2n) is 18.4. The summed E-state index contributed by atoms with van der Waals surface area (Å²) in [4.78, 5) is 37.4. The number of esters is 2. The number of unbranched alkanes of at least 4 members (excludes halogenated alkanes) is 12. The summed E-state index contributed by atoms with van der Waals surface area (Å²) in [5, 5.41) is 9.69. The Kier molecular flexibility index (Phi) is 47.0. The molecule has 0 rings (SSSR count). The molecule has 69 heavy (non-hydrogen) atoms. The zero-order chi connectivity index (χ0) is 50.6. The van der Waals surface area contributed by atoms with Crippen molar-refractivity contribution in [2.45, 2.75) is 193 Å². The largest absolute Gasteiger partial charge is 0.477 e. The minimum absolute atomic E-state index is 0.173. The van der Waals surface area contributed by atoms with Gasteiger partial charge in [-0.2, -0.15) is 0 Å². The van der Waals surface area contributed by atoms with Gasteiger partial charge in [0, 0.05) is 12.8 Å². The summed E-state index contributed by atoms with van der Waals surface area (Å²) in [6.45, 7) is 4.58. The Bertz CT molecular complexity index is 1540. The number of carboxylic acid groups (broad SMARTS) is 1. The number of aliphatic carboxylic acids is 1. The lowest BCUT2D eigenvalue weighted by molar-refractivity contribution is -0.870. The Morgan fingerprint density at radius 2 is 0.783 bits per heavy atom. The summed E-state index contributed by atoms with van der Waals surface area (Å²) < 4.78 is 22.8. The number of carbonyl (C=O) groups excluding carboxylic acids is 2. The minimum Gasteiger partial charge on any atom is -0.477 e. The maximum Gasteiger partial charge on any atom is 0.361 e. The van der Waals surface area contributed by atoms with Gasteiger partial charge in [0.15, 0.2) is 6.10 Å². The number of nitrogens with zero attached hydrogens (tertiary/aromatic N) is 1. The monoisotopic (exact) mass is 961 g/mol. The molecule has 390 valence electrons. The highest BCUT2D eigenvalue weighted by Gasteiger charge is 2.25. The zero-order valence-electron chi connectivity index (χ0n) is 44.2. The lowest BCUT2D eigenvalue weighted by atomic mass is 10.1. The predicted octanol–water partition coefficient (Wildman–Crippen LogP) is 15.3. The summed E-state index contributed by atoms with van der Waals surface area (Å²) in [5.74, 6) is -2.07. The third-order valence-corrected chi connectivity index (χ3v) is 10.7. The molecule has 9 nitrogen and oxygen atoms in total. The van der Waals surface area contributed by atoms with Crippen LogP contribution in [-0.2, 0) is 33.3 Å². The molecule has 0 amide bonds. The van der Waals surface area contributed by atoms with Crippen LogP contribution in [-0.4, -0.2) is 87.4 Å². The molecule has 0 aromatic heterocycles. The quantitative estimate of drug-likeness (QED) is 0.0211. The van der Waals surface area contributed by atoms with Gasteiger partial charge in [0.2, 0.25) is 0 Å². The van der Waals surface area contributed by atoms with Gasteiger partial charge in [-0.05, 0) is 103 Å². The van der Waals surface area contributed by atoms with Crippen LogP contribution in [0.1, 0.15) is 181 Å². The van der Waals surface area contributed by atoms with E-state index in [0.717, 1.165) is 122 Å². The molecule has 0 aliphatic heterocycles. The first-order chi connectivity index (χ1) is 33.6. The van der Waals surface area contributed by atoms with E-state index >= 15 is 0 Å². The lowest BCUT2D eigenvalue weighted by Gasteiger charge is -2.25. The molecule has 1 N–H and O–H groups in total. The molecule has 0 saturated heterocycles. The van der Waals surface area contributed by atoms with E-state index in [1.807, 2.05) is 21.1 Å². The number of allylic oxidation sites excluding steroid dienone is 20. The number of carboxylic acids is 1. The van der Waals surface area contributed by atoms with Gasteiger partial charge in [0.1, 0.15) is 13.2 Å². The highest BCUT2D eigenvalue weighted by molar-refractivity contribution is 5.71. The number of carbonyl (C=O) groups is 3. The lowest BCUT2D eigenvalue weighted by Crippen LogP contribution is -2.40. The van der Waals surface area contributed by atoms with Crippen LogP contribution in [0.25, 0.3) is 0 Å². The van der Waals surface area contributed by atoms with Gasteiger partial charge >= 0.3 is 17.9 Å². The zero-order valence-corrected chi connectivity index (χ0v) is 44.2. The molecule has 0 saturated carbocycles. The van der Waals surface area contributed by atoms with E-state index in [4.69, 9.17) is 18.9 Å². The van der Waals surface area contributed by atoms with Crippen LogP contribution in [0.4, 0.5) is 0 Å². The van der Waals surface area contributed by atoms with Crippen LogP contribution >= 0.6 is 0 Å². The molecule has 0 heterocycles. The van der Waals surface area contributed by atoms with Crippen molar-refractivity contribution in [3.8, 4) is 0 Å². The standard InChI is InChI=1S/C60H97NO8/c1-6-8-10-12-14-16-18-20-22-24-26-28-29-31-33-35-37-39-41-43-45-47-49-51-58(63)69-56(55-68-60(59(64)65)66-53-52-61(3,4)5)54-67-57(62)50-48-46-44-42-40-38-36-34-32-30-27-25-23-21-19-17-15-13-11-9-7-2/h8-11,14-17,20-23,26-28,30-31,33,37,39,56,60H,6-7,12-13,18-19,24-25,29,32,34-36,38,40-55H2,1-5H3/p+1/b10-8-,11-9-,16-14-,17-15-,22-20-,23-21-,28-26-,30-27-,33-31-,39-37-. The van der Waals surface area contributed by atoms with Crippen molar-refractivity contribution in [2.24, 2.45) is 0 Å². The van der Waals surface area contributed by atoms with Gasteiger partial charge in [0.05, 0.1) is 34.4 Å². The van der Waals surface area contributed by atoms with E-state index in [2.05, 4.69) is 135 Å². The highest BCUT2D eigenvalue weighted by atomic mass is 16.7. The van der Waals surface area contributed by atoms with Crippen molar-refractivity contribution in [3.63, 3.8) is 0 Å². The summed E-state index contributed by atoms with van der Waals surface area (Å²) >= 11 is 0. The van der Waals surface area contributed by atoms with Crippen molar-refractivity contribution in [3.05, 3.63) is 122 Å². The van der Waals surface area contributed by atoms with E-state index in [0.29, 0.717) is 17.4 Å². The Morgan fingerprint density at radius 3 is 1.16 bits per heavy atom. The Morgan fingerprint density at radius 1 is 0.435 bits per heavy atom. The predicted molar refractivity (Wildman–Crippen MR) is 290 cm³/mol. The second kappa shape index (κ2) is 50.1. The van der Waals surface area contributed by atoms with Crippen LogP contribution < -0.4 is 0 Å². The van der Waals surface area contributed by atoms with Gasteiger partial charge in [-0.15, -0.1) is 0 Å². The van der Waals surface area contributed by atoms with Crippen LogP contribution in [0.3, 0.4) is 0 Å². The Labute approximate surface area is 421 Å². The first-order valence-corrected chi connectivity index (χ1v) is 26.7. The molecule has 2 unspecified atom stereocenters. The average molecular weight is 961 g/mol. The van der Waals surface area contributed by atoms with Gasteiger partial charge in [-0.3, -0.25) is 9.59 Å². The van der Waals surface area contributed by atoms with Crippen molar-refractivity contribution >= 4 is 17.9 Å². The number of ether oxygens (including phenoxy) is 4. The minimum atomic E-state index is -1.53. The number of rotatable bonds is 47. The topological polar surface area (TPSA) is 108 Å². The van der Waals surface area contributed by atoms with Crippen LogP contribution in [0.5, 0.6) is 0 Å². The Balaban J connectivity index is 4.42. The summed E-state index contributed by atoms with van der Waals surface area (Å²) in [7, 11) is 5.94. The fourth-order valence-corrected chi connectivity index (χ4v) is 6.65. The molecule has 0 aliphatic rings. The Hall–Kier alpha value is -4.31. The van der Waals surface area contributed by atoms with E-state index in [-0.39, 0.29) is 38.6 Å². The van der Waals surface area contributed by atoms with E-state index in [9.17, 15) is 19.5 Å². The first-order valence-electron chi connectivity index (χ1n) is 26.7. The van der Waals surface area contributed by atoms with Gasteiger partial charge in [0.25, 0.3) is 6.29 Å². The number of hydrogen-bond donors (Lipinski definition) is 1. The molecule has 0 aromatic carbocycles. The van der Waals surface area contributed by atoms with Crippen molar-refractivity contribution in [2.75, 3.05) is 47.5 Å². The summed E-state index contributed by atoms with van der Waals surface area (Å²) in [5.41, 5.74) is 0. The molecule has 0 spiro atoms. The first kappa shape index (κ1) is 64.7. The van der Waals surface area contributed by atoms with Crippen LogP contribution in [0, 0.1) is 0 Å². The number of quaternary nitrogens is 1. The molecule has 0 radical (unpaired) electrons. The van der Waals surface area contributed by atoms with E-state index < -0.39 is 24.3 Å². The van der Waals surface area contributed by atoms with E-state index in [1.54, 1.807) is 0 Å². The van der Waals surface area contributed by atoms with Gasteiger partial charge < -0.3 is 28.5 Å². The molecule has 9 heteroatoms. The molecule has 0 fully saturated rings.